The van der Waals surface area contributed by atoms with Crippen LogP contribution < -0.4 is 5.32 Å². The molecular weight excluding hydrogens is 240 g/mol. The Morgan fingerprint density at radius 1 is 1.21 bits per heavy atom. The van der Waals surface area contributed by atoms with E-state index in [1.54, 1.807) is 0 Å². The summed E-state index contributed by atoms with van der Waals surface area (Å²) >= 11 is 0. The predicted molar refractivity (Wildman–Crippen MR) is 74.2 cm³/mol. The maximum atomic E-state index is 5.73. The third-order valence-electron chi connectivity index (χ3n) is 3.81. The summed E-state index contributed by atoms with van der Waals surface area (Å²) in [4.78, 5) is 2.48. The number of hydrogen-bond donors (Lipinski definition) is 1. The average molecular weight is 262 g/mol. The molecule has 0 radical (unpaired) electrons. The van der Waals surface area contributed by atoms with Crippen LogP contribution in [-0.4, -0.2) is 57.0 Å². The summed E-state index contributed by atoms with van der Waals surface area (Å²) in [5.74, 6) is 0. The molecule has 104 valence electrons. The third-order valence-corrected chi connectivity index (χ3v) is 3.81. The number of benzene rings is 1. The first-order valence-electron chi connectivity index (χ1n) is 7.12. The van der Waals surface area contributed by atoms with Gasteiger partial charge in [0.15, 0.2) is 0 Å². The van der Waals surface area contributed by atoms with E-state index in [-0.39, 0.29) is 6.10 Å². The van der Waals surface area contributed by atoms with Crippen molar-refractivity contribution >= 4 is 0 Å². The molecule has 2 unspecified atom stereocenters. The Bertz CT molecular complexity index is 379. The van der Waals surface area contributed by atoms with Crippen LogP contribution in [0.4, 0.5) is 0 Å². The highest BCUT2D eigenvalue weighted by Crippen LogP contribution is 2.17. The SMILES string of the molecule is c1ccc(C2CN(CC3COCCO3)CCN2)cc1. The van der Waals surface area contributed by atoms with Crippen LogP contribution in [0.5, 0.6) is 0 Å². The van der Waals surface area contributed by atoms with Gasteiger partial charge in [0.05, 0.1) is 25.9 Å². The molecule has 0 saturated carbocycles. The Morgan fingerprint density at radius 3 is 2.89 bits per heavy atom. The molecule has 1 aromatic carbocycles. The molecule has 2 aliphatic heterocycles. The van der Waals surface area contributed by atoms with Crippen LogP contribution in [0.25, 0.3) is 0 Å². The fraction of sp³-hybridized carbons (Fsp3) is 0.600. The lowest BCUT2D eigenvalue weighted by molar-refractivity contribution is -0.0990. The molecule has 2 fully saturated rings. The van der Waals surface area contributed by atoms with Gasteiger partial charge in [-0.25, -0.2) is 0 Å². The Balaban J connectivity index is 1.55. The van der Waals surface area contributed by atoms with Crippen LogP contribution in [-0.2, 0) is 9.47 Å². The van der Waals surface area contributed by atoms with Crippen molar-refractivity contribution in [2.45, 2.75) is 12.1 Å². The van der Waals surface area contributed by atoms with Crippen LogP contribution in [0.15, 0.2) is 30.3 Å². The molecule has 4 nitrogen and oxygen atoms in total. The van der Waals surface area contributed by atoms with Crippen molar-refractivity contribution < 1.29 is 9.47 Å². The van der Waals surface area contributed by atoms with E-state index in [1.807, 2.05) is 0 Å². The Kier molecular flexibility index (Phi) is 4.45. The van der Waals surface area contributed by atoms with Crippen LogP contribution >= 0.6 is 0 Å². The molecule has 2 saturated heterocycles. The third kappa shape index (κ3) is 3.54. The molecule has 2 heterocycles. The molecule has 3 rings (SSSR count). The smallest absolute Gasteiger partial charge is 0.0936 e. The average Bonchev–Trinajstić information content (AvgIpc) is 2.49. The Morgan fingerprint density at radius 2 is 2.11 bits per heavy atom. The highest BCUT2D eigenvalue weighted by molar-refractivity contribution is 5.19. The quantitative estimate of drug-likeness (QED) is 0.883. The molecule has 2 aliphatic rings. The molecule has 0 bridgehead atoms. The summed E-state index contributed by atoms with van der Waals surface area (Å²) in [5.41, 5.74) is 1.37. The zero-order chi connectivity index (χ0) is 12.9. The summed E-state index contributed by atoms with van der Waals surface area (Å²) in [6, 6.07) is 11.1. The van der Waals surface area contributed by atoms with Gasteiger partial charge in [-0.2, -0.15) is 0 Å². The van der Waals surface area contributed by atoms with Crippen molar-refractivity contribution in [3.05, 3.63) is 35.9 Å². The van der Waals surface area contributed by atoms with Gasteiger partial charge in [0.2, 0.25) is 0 Å². The van der Waals surface area contributed by atoms with Gasteiger partial charge in [-0.05, 0) is 5.56 Å². The Labute approximate surface area is 114 Å². The fourth-order valence-corrected chi connectivity index (χ4v) is 2.82. The number of piperazine rings is 1. The second-order valence-electron chi connectivity index (χ2n) is 5.24. The first-order chi connectivity index (χ1) is 9.42. The Hall–Kier alpha value is -0.940. The van der Waals surface area contributed by atoms with E-state index >= 15 is 0 Å². The minimum Gasteiger partial charge on any atom is -0.376 e. The second kappa shape index (κ2) is 6.48. The van der Waals surface area contributed by atoms with Crippen molar-refractivity contribution in [1.82, 2.24) is 10.2 Å². The first-order valence-corrected chi connectivity index (χ1v) is 7.12. The lowest BCUT2D eigenvalue weighted by Gasteiger charge is -2.36. The van der Waals surface area contributed by atoms with Gasteiger partial charge in [-0.15, -0.1) is 0 Å². The maximum absolute atomic E-state index is 5.73. The summed E-state index contributed by atoms with van der Waals surface area (Å²) in [6.07, 6.45) is 0.239. The van der Waals surface area contributed by atoms with Gasteiger partial charge in [0.25, 0.3) is 0 Å². The van der Waals surface area contributed by atoms with Crippen molar-refractivity contribution in [2.24, 2.45) is 0 Å². The summed E-state index contributed by atoms with van der Waals surface area (Å²) < 4.78 is 11.2. The molecule has 1 N–H and O–H groups in total. The van der Waals surface area contributed by atoms with E-state index in [4.69, 9.17) is 9.47 Å². The lowest BCUT2D eigenvalue weighted by Crippen LogP contribution is -2.49. The predicted octanol–water partition coefficient (Wildman–Crippen LogP) is 1.05. The van der Waals surface area contributed by atoms with Crippen molar-refractivity contribution in [3.63, 3.8) is 0 Å². The maximum Gasteiger partial charge on any atom is 0.0936 e. The van der Waals surface area contributed by atoms with Gasteiger partial charge < -0.3 is 14.8 Å². The monoisotopic (exact) mass is 262 g/mol. The van der Waals surface area contributed by atoms with Gasteiger partial charge in [0.1, 0.15) is 0 Å². The first kappa shape index (κ1) is 13.1. The van der Waals surface area contributed by atoms with E-state index in [9.17, 15) is 0 Å². The molecular formula is C15H22N2O2. The van der Waals surface area contributed by atoms with Crippen molar-refractivity contribution in [1.29, 1.82) is 0 Å². The van der Waals surface area contributed by atoms with E-state index in [0.717, 1.165) is 46.0 Å². The molecule has 0 amide bonds. The van der Waals surface area contributed by atoms with Gasteiger partial charge >= 0.3 is 0 Å². The number of nitrogens with one attached hydrogen (secondary N) is 1. The normalized spacial score (nSPS) is 29.3. The number of ether oxygens (including phenoxy) is 2. The summed E-state index contributed by atoms with van der Waals surface area (Å²) in [6.45, 7) is 6.36. The largest absolute Gasteiger partial charge is 0.376 e. The molecule has 0 aromatic heterocycles. The molecule has 19 heavy (non-hydrogen) atoms. The van der Waals surface area contributed by atoms with Gasteiger partial charge in [-0.1, -0.05) is 30.3 Å². The zero-order valence-electron chi connectivity index (χ0n) is 11.3. The number of rotatable bonds is 3. The topological polar surface area (TPSA) is 33.7 Å². The molecule has 4 heteroatoms. The highest BCUT2D eigenvalue weighted by atomic mass is 16.6. The van der Waals surface area contributed by atoms with Crippen molar-refractivity contribution in [2.75, 3.05) is 46.0 Å². The van der Waals surface area contributed by atoms with Crippen LogP contribution in [0.1, 0.15) is 11.6 Å². The number of hydrogen-bond acceptors (Lipinski definition) is 4. The molecule has 0 aliphatic carbocycles. The fourth-order valence-electron chi connectivity index (χ4n) is 2.82. The minimum atomic E-state index is 0.239. The number of nitrogens with zero attached hydrogens (tertiary/aromatic N) is 1. The molecule has 2 atom stereocenters. The van der Waals surface area contributed by atoms with E-state index in [0.29, 0.717) is 6.04 Å². The van der Waals surface area contributed by atoms with Gasteiger partial charge in [0, 0.05) is 32.2 Å². The van der Waals surface area contributed by atoms with E-state index in [1.165, 1.54) is 5.56 Å². The van der Waals surface area contributed by atoms with Crippen LogP contribution in [0.3, 0.4) is 0 Å². The van der Waals surface area contributed by atoms with Crippen LogP contribution in [0.2, 0.25) is 0 Å². The molecule has 1 aromatic rings. The lowest BCUT2D eigenvalue weighted by atomic mass is 10.0. The van der Waals surface area contributed by atoms with Crippen LogP contribution in [0, 0.1) is 0 Å². The van der Waals surface area contributed by atoms with E-state index < -0.39 is 0 Å². The molecule has 0 spiro atoms. The van der Waals surface area contributed by atoms with E-state index in [2.05, 4.69) is 40.5 Å². The zero-order valence-corrected chi connectivity index (χ0v) is 11.3. The standard InChI is InChI=1S/C15H22N2O2/c1-2-4-13(5-3-1)15-11-17(7-6-16-15)10-14-12-18-8-9-19-14/h1-5,14-16H,6-12H2. The summed E-state index contributed by atoms with van der Waals surface area (Å²) in [5, 5.41) is 3.59. The summed E-state index contributed by atoms with van der Waals surface area (Å²) in [7, 11) is 0. The minimum absolute atomic E-state index is 0.239. The van der Waals surface area contributed by atoms with Gasteiger partial charge in [-0.3, -0.25) is 4.90 Å². The second-order valence-corrected chi connectivity index (χ2v) is 5.24. The van der Waals surface area contributed by atoms with Crippen molar-refractivity contribution in [3.8, 4) is 0 Å². The highest BCUT2D eigenvalue weighted by Gasteiger charge is 2.24.